The Morgan fingerprint density at radius 3 is 1.40 bits per heavy atom. The molecule has 0 atom stereocenters. The average Bonchev–Trinajstić information content (AvgIpc) is 3.15. The lowest BCUT2D eigenvalue weighted by atomic mass is 9.75. The van der Waals surface area contributed by atoms with Gasteiger partial charge in [0.25, 0.3) is 0 Å². The molecule has 0 radical (unpaired) electrons. The second-order valence-corrected chi connectivity index (χ2v) is 14.5. The first-order valence-corrected chi connectivity index (χ1v) is 15.7. The van der Waals surface area contributed by atoms with Gasteiger partial charge in [-0.15, -0.1) is 0 Å². The van der Waals surface area contributed by atoms with Crippen molar-refractivity contribution in [3.05, 3.63) is 47.5 Å². The highest BCUT2D eigenvalue weighted by Crippen LogP contribution is 2.40. The molecule has 4 nitrogen and oxygen atoms in total. The molecule has 0 bridgehead atoms. The van der Waals surface area contributed by atoms with E-state index in [1.807, 2.05) is 0 Å². The SMILES string of the molecule is CCCCCCCC1Cc2cc(B3OC(C)(C)C(C)(C)O3)ccc2-c2ccc(B3OC(C)(C)C(C)(C)O3)cc2C1. The van der Waals surface area contributed by atoms with Crippen LogP contribution in [0.4, 0.5) is 0 Å². The van der Waals surface area contributed by atoms with Gasteiger partial charge in [0.1, 0.15) is 0 Å². The summed E-state index contributed by atoms with van der Waals surface area (Å²) < 4.78 is 25.7. The quantitative estimate of drug-likeness (QED) is 0.264. The zero-order chi connectivity index (χ0) is 28.9. The second-order valence-electron chi connectivity index (χ2n) is 14.5. The summed E-state index contributed by atoms with van der Waals surface area (Å²) in [6.07, 6.45) is 10.0. The third-order valence-electron chi connectivity index (χ3n) is 10.3. The summed E-state index contributed by atoms with van der Waals surface area (Å²) in [4.78, 5) is 0. The molecule has 0 saturated carbocycles. The zero-order valence-corrected chi connectivity index (χ0v) is 26.5. The minimum Gasteiger partial charge on any atom is -0.399 e. The van der Waals surface area contributed by atoms with Crippen LogP contribution >= 0.6 is 0 Å². The average molecular weight is 544 g/mol. The van der Waals surface area contributed by atoms with Gasteiger partial charge in [0.05, 0.1) is 22.4 Å². The van der Waals surface area contributed by atoms with Crippen LogP contribution in [0, 0.1) is 5.92 Å². The van der Waals surface area contributed by atoms with Crippen molar-refractivity contribution in [1.29, 1.82) is 0 Å². The fraction of sp³-hybridized carbons (Fsp3) is 0.647. The van der Waals surface area contributed by atoms with Crippen LogP contribution in [0.5, 0.6) is 0 Å². The van der Waals surface area contributed by atoms with E-state index in [-0.39, 0.29) is 36.6 Å². The molecule has 6 heteroatoms. The van der Waals surface area contributed by atoms with E-state index >= 15 is 0 Å². The van der Waals surface area contributed by atoms with Crippen LogP contribution in [0.1, 0.15) is 112 Å². The van der Waals surface area contributed by atoms with E-state index in [0.29, 0.717) is 5.92 Å². The van der Waals surface area contributed by atoms with E-state index in [4.69, 9.17) is 18.6 Å². The molecule has 216 valence electrons. The van der Waals surface area contributed by atoms with Crippen LogP contribution < -0.4 is 10.9 Å². The van der Waals surface area contributed by atoms with E-state index in [1.165, 1.54) is 60.8 Å². The van der Waals surface area contributed by atoms with E-state index in [9.17, 15) is 0 Å². The number of fused-ring (bicyclic) bond motifs is 3. The summed E-state index contributed by atoms with van der Waals surface area (Å²) in [6.45, 7) is 19.3. The molecule has 0 unspecified atom stereocenters. The van der Waals surface area contributed by atoms with Crippen LogP contribution in [-0.2, 0) is 31.5 Å². The fourth-order valence-electron chi connectivity index (χ4n) is 6.28. The van der Waals surface area contributed by atoms with Gasteiger partial charge in [0.2, 0.25) is 0 Å². The number of rotatable bonds is 8. The van der Waals surface area contributed by atoms with Crippen LogP contribution in [0.3, 0.4) is 0 Å². The van der Waals surface area contributed by atoms with Crippen molar-refractivity contribution in [2.24, 2.45) is 5.92 Å². The Kier molecular flexibility index (Phi) is 8.15. The number of hydrogen-bond acceptors (Lipinski definition) is 4. The van der Waals surface area contributed by atoms with Gasteiger partial charge >= 0.3 is 14.2 Å². The normalized spacial score (nSPS) is 22.7. The van der Waals surface area contributed by atoms with Gasteiger partial charge in [-0.25, -0.2) is 0 Å². The highest BCUT2D eigenvalue weighted by molar-refractivity contribution is 6.62. The molecule has 2 saturated heterocycles. The van der Waals surface area contributed by atoms with Crippen LogP contribution in [0.15, 0.2) is 36.4 Å². The molecule has 2 fully saturated rings. The molecule has 2 aromatic rings. The molecule has 0 amide bonds. The Morgan fingerprint density at radius 1 is 0.600 bits per heavy atom. The fourth-order valence-corrected chi connectivity index (χ4v) is 6.28. The smallest absolute Gasteiger partial charge is 0.399 e. The predicted molar refractivity (Wildman–Crippen MR) is 168 cm³/mol. The topological polar surface area (TPSA) is 36.9 Å². The van der Waals surface area contributed by atoms with Crippen molar-refractivity contribution in [3.8, 4) is 11.1 Å². The standard InChI is InChI=1S/C34H50B2O4/c1-10-11-12-13-14-15-24-20-25-22-27(35-37-31(2,3)32(4,5)38-35)16-18-29(25)30-19-17-28(23-26(30)21-24)36-39-33(6,7)34(8,9)40-36/h16-19,22-24H,10-15,20-21H2,1-9H3. The van der Waals surface area contributed by atoms with Crippen molar-refractivity contribution in [1.82, 2.24) is 0 Å². The number of benzene rings is 2. The van der Waals surface area contributed by atoms with Crippen LogP contribution in [-0.4, -0.2) is 36.6 Å². The highest BCUT2D eigenvalue weighted by atomic mass is 16.7. The summed E-state index contributed by atoms with van der Waals surface area (Å²) >= 11 is 0. The van der Waals surface area contributed by atoms with Gasteiger partial charge in [-0.1, -0.05) is 75.4 Å². The van der Waals surface area contributed by atoms with Crippen LogP contribution in [0.25, 0.3) is 11.1 Å². The van der Waals surface area contributed by atoms with Crippen molar-refractivity contribution in [2.45, 2.75) is 136 Å². The van der Waals surface area contributed by atoms with Crippen molar-refractivity contribution < 1.29 is 18.6 Å². The molecule has 0 aromatic heterocycles. The Balaban J connectivity index is 1.46. The molecular formula is C34H50B2O4. The molecule has 2 aliphatic heterocycles. The summed E-state index contributed by atoms with van der Waals surface area (Å²) in [5.41, 5.74) is 6.36. The Bertz CT molecular complexity index is 1100. The van der Waals surface area contributed by atoms with E-state index in [1.54, 1.807) is 0 Å². The van der Waals surface area contributed by atoms with Crippen molar-refractivity contribution in [2.75, 3.05) is 0 Å². The molecule has 2 aromatic carbocycles. The van der Waals surface area contributed by atoms with Gasteiger partial charge in [-0.2, -0.15) is 0 Å². The minimum atomic E-state index is -0.345. The Labute approximate surface area is 244 Å². The first-order valence-electron chi connectivity index (χ1n) is 15.7. The second kappa shape index (κ2) is 10.9. The van der Waals surface area contributed by atoms with E-state index in [0.717, 1.165) is 23.8 Å². The molecule has 3 aliphatic rings. The van der Waals surface area contributed by atoms with Crippen molar-refractivity contribution in [3.63, 3.8) is 0 Å². The van der Waals surface area contributed by atoms with E-state index in [2.05, 4.69) is 98.7 Å². The molecular weight excluding hydrogens is 494 g/mol. The maximum Gasteiger partial charge on any atom is 0.494 e. The third-order valence-corrected chi connectivity index (χ3v) is 10.3. The monoisotopic (exact) mass is 544 g/mol. The van der Waals surface area contributed by atoms with Gasteiger partial charge in [0.15, 0.2) is 0 Å². The maximum atomic E-state index is 6.43. The molecule has 0 N–H and O–H groups in total. The maximum absolute atomic E-state index is 6.43. The minimum absolute atomic E-state index is 0.337. The highest BCUT2D eigenvalue weighted by Gasteiger charge is 2.53. The zero-order valence-electron chi connectivity index (χ0n) is 26.5. The summed E-state index contributed by atoms with van der Waals surface area (Å²) in [6, 6.07) is 13.7. The van der Waals surface area contributed by atoms with Gasteiger partial charge < -0.3 is 18.6 Å². The van der Waals surface area contributed by atoms with Gasteiger partial charge in [0, 0.05) is 0 Å². The number of hydrogen-bond donors (Lipinski definition) is 0. The lowest BCUT2D eigenvalue weighted by Crippen LogP contribution is -2.41. The molecule has 2 heterocycles. The largest absolute Gasteiger partial charge is 0.494 e. The molecule has 40 heavy (non-hydrogen) atoms. The lowest BCUT2D eigenvalue weighted by molar-refractivity contribution is 0.00578. The number of unbranched alkanes of at least 4 members (excludes halogenated alkanes) is 4. The molecule has 1 aliphatic carbocycles. The van der Waals surface area contributed by atoms with E-state index < -0.39 is 0 Å². The van der Waals surface area contributed by atoms with Crippen molar-refractivity contribution >= 4 is 25.2 Å². The Morgan fingerprint density at radius 2 is 1.00 bits per heavy atom. The summed E-state index contributed by atoms with van der Waals surface area (Å²) in [5, 5.41) is 0. The van der Waals surface area contributed by atoms with Crippen LogP contribution in [0.2, 0.25) is 0 Å². The summed E-state index contributed by atoms with van der Waals surface area (Å²) in [7, 11) is -0.674. The first-order chi connectivity index (χ1) is 18.7. The van der Waals surface area contributed by atoms with Gasteiger partial charge in [-0.3, -0.25) is 0 Å². The third kappa shape index (κ3) is 5.71. The van der Waals surface area contributed by atoms with Gasteiger partial charge in [-0.05, 0) is 114 Å². The lowest BCUT2D eigenvalue weighted by Gasteiger charge is -2.32. The predicted octanol–water partition coefficient (Wildman–Crippen LogP) is 7.03. The first kappa shape index (κ1) is 29.9. The Hall–Kier alpha value is -1.59. The molecule has 5 rings (SSSR count). The summed E-state index contributed by atoms with van der Waals surface area (Å²) in [5.74, 6) is 0.601. The molecule has 0 spiro atoms.